The fraction of sp³-hybridized carbons (Fsp3) is 0.304. The molecule has 1 fully saturated rings. The quantitative estimate of drug-likeness (QED) is 0.614. The second kappa shape index (κ2) is 9.23. The van der Waals surface area contributed by atoms with Crippen LogP contribution in [0.4, 0.5) is 5.69 Å². The van der Waals surface area contributed by atoms with Gasteiger partial charge in [0.05, 0.1) is 4.90 Å². The van der Waals surface area contributed by atoms with E-state index in [0.29, 0.717) is 30.4 Å². The van der Waals surface area contributed by atoms with E-state index in [4.69, 9.17) is 4.42 Å². The number of hydrogen-bond donors (Lipinski definition) is 1. The summed E-state index contributed by atoms with van der Waals surface area (Å²) in [6, 6.07) is 15.5. The lowest BCUT2D eigenvalue weighted by Crippen LogP contribution is -2.48. The number of rotatable bonds is 6. The van der Waals surface area contributed by atoms with Crippen molar-refractivity contribution in [2.45, 2.75) is 18.7 Å². The highest BCUT2D eigenvalue weighted by Crippen LogP contribution is 2.23. The predicted octanol–water partition coefficient (Wildman–Crippen LogP) is 3.23. The van der Waals surface area contributed by atoms with Crippen molar-refractivity contribution in [3.05, 3.63) is 66.1 Å². The molecule has 0 unspecified atom stereocenters. The van der Waals surface area contributed by atoms with E-state index in [1.165, 1.54) is 16.4 Å². The molecule has 2 aromatic carbocycles. The molecule has 1 aliphatic heterocycles. The molecule has 0 radical (unpaired) electrons. The first-order chi connectivity index (χ1) is 15.4. The van der Waals surface area contributed by atoms with E-state index in [1.54, 1.807) is 19.1 Å². The molecule has 1 aliphatic rings. The second-order valence-electron chi connectivity index (χ2n) is 7.61. The number of anilines is 1. The number of amides is 1. The number of hydrogen-bond acceptors (Lipinski definition) is 6. The zero-order valence-electron chi connectivity index (χ0n) is 18.1. The summed E-state index contributed by atoms with van der Waals surface area (Å²) in [6.07, 6.45) is 0. The number of nitrogens with one attached hydrogen (secondary N) is 1. The van der Waals surface area contributed by atoms with E-state index in [0.717, 1.165) is 25.2 Å². The Morgan fingerprint density at radius 2 is 1.69 bits per heavy atom. The van der Waals surface area contributed by atoms with Crippen LogP contribution in [0.25, 0.3) is 11.5 Å². The average Bonchev–Trinajstić information content (AvgIpc) is 3.22. The SMILES string of the molecule is CCN1CCN(S(=O)(=O)c2ccc(NC(=O)c3nc(-c4ccccc4)oc3C)cc2)CC1. The molecule has 1 N–H and O–H groups in total. The summed E-state index contributed by atoms with van der Waals surface area (Å²) < 4.78 is 33.0. The van der Waals surface area contributed by atoms with Crippen LogP contribution >= 0.6 is 0 Å². The lowest BCUT2D eigenvalue weighted by atomic mass is 10.2. The fourth-order valence-electron chi connectivity index (χ4n) is 3.65. The van der Waals surface area contributed by atoms with Crippen molar-refractivity contribution in [2.24, 2.45) is 0 Å². The van der Waals surface area contributed by atoms with Crippen molar-refractivity contribution in [3.8, 4) is 11.5 Å². The Labute approximate surface area is 187 Å². The highest BCUT2D eigenvalue weighted by molar-refractivity contribution is 7.89. The molecule has 0 bridgehead atoms. The van der Waals surface area contributed by atoms with Crippen molar-refractivity contribution in [2.75, 3.05) is 38.0 Å². The Morgan fingerprint density at radius 3 is 2.31 bits per heavy atom. The normalized spacial score (nSPS) is 15.6. The molecule has 0 aliphatic carbocycles. The Balaban J connectivity index is 1.45. The van der Waals surface area contributed by atoms with Crippen LogP contribution in [-0.2, 0) is 10.0 Å². The van der Waals surface area contributed by atoms with Crippen LogP contribution in [0.15, 0.2) is 63.9 Å². The Hall–Kier alpha value is -3.01. The van der Waals surface area contributed by atoms with Crippen molar-refractivity contribution in [3.63, 3.8) is 0 Å². The lowest BCUT2D eigenvalue weighted by Gasteiger charge is -2.33. The monoisotopic (exact) mass is 454 g/mol. The van der Waals surface area contributed by atoms with Crippen LogP contribution in [0.2, 0.25) is 0 Å². The molecule has 1 aromatic heterocycles. The number of sulfonamides is 1. The van der Waals surface area contributed by atoms with E-state index in [2.05, 4.69) is 22.1 Å². The van der Waals surface area contributed by atoms with Crippen molar-refractivity contribution in [1.29, 1.82) is 0 Å². The number of oxazole rings is 1. The Bertz CT molecular complexity index is 1180. The second-order valence-corrected chi connectivity index (χ2v) is 9.54. The third-order valence-corrected chi connectivity index (χ3v) is 7.47. The summed E-state index contributed by atoms with van der Waals surface area (Å²) >= 11 is 0. The van der Waals surface area contributed by atoms with Crippen LogP contribution in [-0.4, -0.2) is 61.2 Å². The van der Waals surface area contributed by atoms with E-state index >= 15 is 0 Å². The van der Waals surface area contributed by atoms with Gasteiger partial charge in [-0.25, -0.2) is 13.4 Å². The molecule has 168 valence electrons. The molecule has 4 rings (SSSR count). The van der Waals surface area contributed by atoms with Gasteiger partial charge < -0.3 is 14.6 Å². The van der Waals surface area contributed by atoms with E-state index in [9.17, 15) is 13.2 Å². The van der Waals surface area contributed by atoms with E-state index in [-0.39, 0.29) is 10.6 Å². The molecular formula is C23H26N4O4S. The van der Waals surface area contributed by atoms with Crippen LogP contribution in [0, 0.1) is 6.92 Å². The van der Waals surface area contributed by atoms with Gasteiger partial charge in [0, 0.05) is 37.4 Å². The third-order valence-electron chi connectivity index (χ3n) is 5.56. The van der Waals surface area contributed by atoms with Crippen LogP contribution in [0.3, 0.4) is 0 Å². The maximum absolute atomic E-state index is 12.9. The molecule has 0 spiro atoms. The number of nitrogens with zero attached hydrogens (tertiary/aromatic N) is 3. The Kier molecular flexibility index (Phi) is 6.40. The van der Waals surface area contributed by atoms with Gasteiger partial charge >= 0.3 is 0 Å². The van der Waals surface area contributed by atoms with Crippen molar-refractivity contribution < 1.29 is 17.6 Å². The average molecular weight is 455 g/mol. The molecule has 32 heavy (non-hydrogen) atoms. The minimum absolute atomic E-state index is 0.189. The number of aryl methyl sites for hydroxylation is 1. The van der Waals surface area contributed by atoms with Gasteiger partial charge in [-0.05, 0) is 49.9 Å². The minimum atomic E-state index is -3.56. The first kappa shape index (κ1) is 22.2. The van der Waals surface area contributed by atoms with Gasteiger partial charge in [-0.2, -0.15) is 4.31 Å². The predicted molar refractivity (Wildman–Crippen MR) is 122 cm³/mol. The zero-order chi connectivity index (χ0) is 22.7. The maximum atomic E-state index is 12.9. The Morgan fingerprint density at radius 1 is 1.03 bits per heavy atom. The summed E-state index contributed by atoms with van der Waals surface area (Å²) in [5.41, 5.74) is 1.45. The molecule has 0 atom stereocenters. The van der Waals surface area contributed by atoms with Crippen LogP contribution in [0.1, 0.15) is 23.2 Å². The van der Waals surface area contributed by atoms with E-state index < -0.39 is 15.9 Å². The number of likely N-dealkylation sites (N-methyl/N-ethyl adjacent to an activating group) is 1. The van der Waals surface area contributed by atoms with Crippen LogP contribution in [0.5, 0.6) is 0 Å². The van der Waals surface area contributed by atoms with Gasteiger partial charge in [0.15, 0.2) is 5.69 Å². The summed E-state index contributed by atoms with van der Waals surface area (Å²) in [4.78, 5) is 19.5. The zero-order valence-corrected chi connectivity index (χ0v) is 18.9. The molecule has 0 saturated carbocycles. The summed E-state index contributed by atoms with van der Waals surface area (Å²) in [7, 11) is -3.56. The molecule has 3 aromatic rings. The fourth-order valence-corrected chi connectivity index (χ4v) is 5.07. The minimum Gasteiger partial charge on any atom is -0.441 e. The van der Waals surface area contributed by atoms with Gasteiger partial charge in [-0.3, -0.25) is 4.79 Å². The molecule has 1 amide bonds. The van der Waals surface area contributed by atoms with E-state index in [1.807, 2.05) is 30.3 Å². The van der Waals surface area contributed by atoms with Crippen LogP contribution < -0.4 is 5.32 Å². The first-order valence-electron chi connectivity index (χ1n) is 10.5. The highest BCUT2D eigenvalue weighted by Gasteiger charge is 2.28. The van der Waals surface area contributed by atoms with Crippen molar-refractivity contribution >= 4 is 21.6 Å². The molecule has 2 heterocycles. The number of piperazine rings is 1. The molecular weight excluding hydrogens is 428 g/mol. The van der Waals surface area contributed by atoms with Gasteiger partial charge in [0.2, 0.25) is 15.9 Å². The van der Waals surface area contributed by atoms with Crippen molar-refractivity contribution in [1.82, 2.24) is 14.2 Å². The summed E-state index contributed by atoms with van der Waals surface area (Å²) in [5.74, 6) is 0.365. The topological polar surface area (TPSA) is 95.8 Å². The number of aromatic nitrogens is 1. The molecule has 9 heteroatoms. The van der Waals surface area contributed by atoms with Gasteiger partial charge in [-0.1, -0.05) is 25.1 Å². The standard InChI is InChI=1S/C23H26N4O4S/c1-3-26-13-15-27(16-14-26)32(29,30)20-11-9-19(10-12-20)24-22(28)21-17(2)31-23(25-21)18-7-5-4-6-8-18/h4-12H,3,13-16H2,1-2H3,(H,24,28). The number of carbonyl (C=O) groups excluding carboxylic acids is 1. The smallest absolute Gasteiger partial charge is 0.277 e. The lowest BCUT2D eigenvalue weighted by molar-refractivity contribution is 0.102. The number of carbonyl (C=O) groups is 1. The summed E-state index contributed by atoms with van der Waals surface area (Å²) in [5, 5.41) is 2.76. The highest BCUT2D eigenvalue weighted by atomic mass is 32.2. The van der Waals surface area contributed by atoms with Gasteiger partial charge in [-0.15, -0.1) is 0 Å². The third kappa shape index (κ3) is 4.59. The maximum Gasteiger partial charge on any atom is 0.277 e. The first-order valence-corrected chi connectivity index (χ1v) is 12.0. The molecule has 8 nitrogen and oxygen atoms in total. The largest absolute Gasteiger partial charge is 0.441 e. The number of benzene rings is 2. The summed E-state index contributed by atoms with van der Waals surface area (Å²) in [6.45, 7) is 7.08. The van der Waals surface area contributed by atoms with Gasteiger partial charge in [0.1, 0.15) is 5.76 Å². The molecule has 1 saturated heterocycles. The van der Waals surface area contributed by atoms with Gasteiger partial charge in [0.25, 0.3) is 5.91 Å².